The van der Waals surface area contributed by atoms with Crippen molar-refractivity contribution in [3.8, 4) is 0 Å². The third kappa shape index (κ3) is 8.16. The van der Waals surface area contributed by atoms with Crippen molar-refractivity contribution in [1.82, 2.24) is 19.9 Å². The standard InChI is InChI=1S/C20H14N4.C6H5.Fe.4H2N/c1-2-14-10-16-5-6-18(23-16)12-20-8-7-19(24-20)11-17-4-3-15(22-17)9-13(1)21-14;1-2-4-6-5-3-1;;;;;/h1-12,21-22H;1-5H;;4*1H2/q;-1;+5;4*-1. The van der Waals surface area contributed by atoms with Gasteiger partial charge in [0.1, 0.15) is 0 Å². The minimum Gasteiger partial charge on any atom is -0.693 e. The van der Waals surface area contributed by atoms with Crippen LogP contribution in [0.3, 0.4) is 0 Å². The van der Waals surface area contributed by atoms with Gasteiger partial charge in [-0.15, -0.1) is 0 Å². The molecule has 2 aliphatic heterocycles. The van der Waals surface area contributed by atoms with Crippen molar-refractivity contribution in [2.75, 3.05) is 0 Å². The topological polar surface area (TPSA) is 191 Å². The monoisotopic (exact) mass is 507 g/mol. The van der Waals surface area contributed by atoms with Crippen LogP contribution in [0, 0.1) is 6.07 Å². The van der Waals surface area contributed by atoms with E-state index in [2.05, 4.69) is 56.3 Å². The Morgan fingerprint density at radius 2 is 0.857 bits per heavy atom. The number of rotatable bonds is 0. The maximum absolute atomic E-state index is 4.62. The second-order valence-corrected chi connectivity index (χ2v) is 6.98. The van der Waals surface area contributed by atoms with E-state index in [1.54, 1.807) is 0 Å². The molecule has 9 heteroatoms. The van der Waals surface area contributed by atoms with Crippen LogP contribution >= 0.6 is 0 Å². The van der Waals surface area contributed by atoms with Crippen LogP contribution in [0.15, 0.2) is 78.9 Å². The molecule has 1 aromatic carbocycles. The van der Waals surface area contributed by atoms with Crippen LogP contribution in [0.5, 0.6) is 0 Å². The summed E-state index contributed by atoms with van der Waals surface area (Å²) in [5.74, 6) is 0. The number of hydrogen-bond donors (Lipinski definition) is 2. The molecule has 10 N–H and O–H groups in total. The molecular formula is C26H27FeN8. The Kier molecular flexibility index (Phi) is 12.9. The number of hydrogen-bond acceptors (Lipinski definition) is 2. The van der Waals surface area contributed by atoms with Crippen molar-refractivity contribution in [3.63, 3.8) is 0 Å². The summed E-state index contributed by atoms with van der Waals surface area (Å²) in [7, 11) is 0. The molecule has 0 unspecified atom stereocenters. The molecule has 0 atom stereocenters. The predicted molar refractivity (Wildman–Crippen MR) is 145 cm³/mol. The molecule has 2 aliphatic rings. The number of fused-ring (bicyclic) bond motifs is 8. The number of aromatic nitrogens is 4. The quantitative estimate of drug-likeness (QED) is 0.153. The van der Waals surface area contributed by atoms with Gasteiger partial charge in [0.2, 0.25) is 0 Å². The molecule has 8 nitrogen and oxygen atoms in total. The summed E-state index contributed by atoms with van der Waals surface area (Å²) >= 11 is 0. The largest absolute Gasteiger partial charge is 5.00 e. The first-order valence-corrected chi connectivity index (χ1v) is 9.76. The molecule has 0 spiro atoms. The van der Waals surface area contributed by atoms with E-state index in [0.29, 0.717) is 0 Å². The Morgan fingerprint density at radius 3 is 1.20 bits per heavy atom. The van der Waals surface area contributed by atoms with Crippen LogP contribution in [0.1, 0.15) is 22.8 Å². The van der Waals surface area contributed by atoms with Gasteiger partial charge in [-0.05, 0) is 72.8 Å². The average molecular weight is 507 g/mol. The summed E-state index contributed by atoms with van der Waals surface area (Å²) in [6.07, 6.45) is 8.05. The second kappa shape index (κ2) is 14.4. The van der Waals surface area contributed by atoms with Crippen LogP contribution < -0.4 is 0 Å². The van der Waals surface area contributed by atoms with Crippen molar-refractivity contribution in [2.24, 2.45) is 0 Å². The number of aromatic amines is 2. The zero-order valence-electron chi connectivity index (χ0n) is 18.9. The average Bonchev–Trinajstić information content (AvgIpc) is 3.56. The van der Waals surface area contributed by atoms with E-state index in [9.17, 15) is 0 Å². The maximum Gasteiger partial charge on any atom is 5.00 e. The molecule has 0 saturated heterocycles. The fourth-order valence-electron chi connectivity index (χ4n) is 3.29. The summed E-state index contributed by atoms with van der Waals surface area (Å²) in [6.45, 7) is 0. The molecule has 35 heavy (non-hydrogen) atoms. The van der Waals surface area contributed by atoms with Gasteiger partial charge in [-0.25, -0.2) is 9.97 Å². The van der Waals surface area contributed by atoms with Gasteiger partial charge in [-0.3, -0.25) is 0 Å². The molecule has 5 heterocycles. The van der Waals surface area contributed by atoms with Crippen LogP contribution in [0.25, 0.3) is 71.0 Å². The summed E-state index contributed by atoms with van der Waals surface area (Å²) < 4.78 is 0. The summed E-state index contributed by atoms with van der Waals surface area (Å²) in [5.41, 5.74) is 7.86. The molecule has 0 aliphatic carbocycles. The molecule has 6 rings (SSSR count). The fourth-order valence-corrected chi connectivity index (χ4v) is 3.29. The van der Waals surface area contributed by atoms with Gasteiger partial charge in [-0.2, -0.15) is 36.4 Å². The minimum absolute atomic E-state index is 0. The normalized spacial score (nSPS) is 10.1. The zero-order chi connectivity index (χ0) is 20.2. The van der Waals surface area contributed by atoms with Gasteiger partial charge in [-0.1, -0.05) is 0 Å². The van der Waals surface area contributed by atoms with E-state index in [-0.39, 0.29) is 41.7 Å². The maximum atomic E-state index is 4.62. The van der Waals surface area contributed by atoms with Gasteiger partial charge in [0.15, 0.2) is 0 Å². The Labute approximate surface area is 215 Å². The van der Waals surface area contributed by atoms with Crippen molar-refractivity contribution in [1.29, 1.82) is 0 Å². The smallest absolute Gasteiger partial charge is 0.693 e. The van der Waals surface area contributed by atoms with Gasteiger partial charge in [0, 0.05) is 22.1 Å². The number of H-pyrrole nitrogens is 2. The molecule has 3 aromatic heterocycles. The van der Waals surface area contributed by atoms with Crippen molar-refractivity contribution >= 4 is 46.4 Å². The van der Waals surface area contributed by atoms with E-state index in [1.165, 1.54) is 0 Å². The number of nitrogens with two attached hydrogens (primary N) is 4. The zero-order valence-corrected chi connectivity index (χ0v) is 20.0. The van der Waals surface area contributed by atoms with Crippen LogP contribution in [-0.4, -0.2) is 19.9 Å². The minimum atomic E-state index is 0. The van der Waals surface area contributed by atoms with Crippen molar-refractivity contribution in [2.45, 2.75) is 0 Å². The second-order valence-electron chi connectivity index (χ2n) is 6.98. The molecule has 0 saturated carbocycles. The Bertz CT molecular complexity index is 1290. The predicted octanol–water partition coefficient (Wildman–Crippen LogP) is 9.01. The number of benzene rings is 1. The molecule has 8 bridgehead atoms. The van der Waals surface area contributed by atoms with E-state index in [4.69, 9.17) is 0 Å². The third-order valence-electron chi connectivity index (χ3n) is 4.65. The summed E-state index contributed by atoms with van der Waals surface area (Å²) in [5, 5.41) is 0. The first kappa shape index (κ1) is 31.2. The van der Waals surface area contributed by atoms with Gasteiger partial charge in [0.05, 0.1) is 22.8 Å². The van der Waals surface area contributed by atoms with Crippen LogP contribution in [0.4, 0.5) is 0 Å². The van der Waals surface area contributed by atoms with Gasteiger partial charge < -0.3 is 34.6 Å². The summed E-state index contributed by atoms with van der Waals surface area (Å²) in [4.78, 5) is 16.0. The molecule has 0 fully saturated rings. The Hall–Kier alpha value is -3.82. The molecular weight excluding hydrogens is 480 g/mol. The van der Waals surface area contributed by atoms with Crippen LogP contribution in [0.2, 0.25) is 0 Å². The Balaban J connectivity index is 0.000000936. The first-order chi connectivity index (χ1) is 14.8. The molecule has 179 valence electrons. The fraction of sp³-hybridized carbons (Fsp3) is 0. The van der Waals surface area contributed by atoms with Crippen molar-refractivity contribution < 1.29 is 17.1 Å². The van der Waals surface area contributed by atoms with E-state index < -0.39 is 0 Å². The van der Waals surface area contributed by atoms with E-state index in [1.807, 2.05) is 72.8 Å². The third-order valence-corrected chi connectivity index (χ3v) is 4.65. The van der Waals surface area contributed by atoms with Gasteiger partial charge in [0.25, 0.3) is 0 Å². The molecule has 1 radical (unpaired) electrons. The molecule has 0 amide bonds. The summed E-state index contributed by atoms with van der Waals surface area (Å²) in [6, 6.07) is 28.9. The number of nitrogens with one attached hydrogen (secondary N) is 2. The SMILES string of the molecule is C1=Cc2cc3ccc(cc4ccc(cc5nc(cc1n2)C=C5)[nH]4)[nH]3.[Fe+5].[NH2-].[NH2-].[NH2-].[NH2-].[c-]1ccccc1. The van der Waals surface area contributed by atoms with Crippen LogP contribution in [-0.2, 0) is 17.1 Å². The van der Waals surface area contributed by atoms with E-state index >= 15 is 0 Å². The Morgan fingerprint density at radius 1 is 0.486 bits per heavy atom. The number of nitrogens with zero attached hydrogens (tertiary/aromatic N) is 2. The van der Waals surface area contributed by atoms with E-state index in [0.717, 1.165) is 44.8 Å². The first-order valence-electron chi connectivity index (χ1n) is 9.76. The van der Waals surface area contributed by atoms with Crippen molar-refractivity contribution in [3.05, 3.63) is 132 Å². The molecule has 4 aromatic rings. The van der Waals surface area contributed by atoms with Gasteiger partial charge >= 0.3 is 17.1 Å².